The second kappa shape index (κ2) is 6.70. The Morgan fingerprint density at radius 2 is 2.21 bits per heavy atom. The largest absolute Gasteiger partial charge is 0.389 e. The second-order valence-corrected chi connectivity index (χ2v) is 5.72. The van der Waals surface area contributed by atoms with E-state index >= 15 is 0 Å². The number of amides is 1. The van der Waals surface area contributed by atoms with Gasteiger partial charge in [-0.15, -0.1) is 0 Å². The lowest BCUT2D eigenvalue weighted by Gasteiger charge is -2.27. The standard InChI is InChI=1S/C14H25N3O2/c1-5-6-12(17-8-7-15-11-17)9-13(18)16(4)10-14(2,3)19/h7-8,11-12,19H,5-6,9-10H2,1-4H3. The van der Waals surface area contributed by atoms with Crippen molar-refractivity contribution in [1.29, 1.82) is 0 Å². The fourth-order valence-electron chi connectivity index (χ4n) is 2.20. The van der Waals surface area contributed by atoms with Crippen molar-refractivity contribution in [2.75, 3.05) is 13.6 Å². The topological polar surface area (TPSA) is 58.4 Å². The zero-order valence-electron chi connectivity index (χ0n) is 12.3. The Hall–Kier alpha value is -1.36. The van der Waals surface area contributed by atoms with Crippen LogP contribution in [0.3, 0.4) is 0 Å². The number of likely N-dealkylation sites (N-methyl/N-ethyl adjacent to an activating group) is 1. The third-order valence-electron chi connectivity index (χ3n) is 3.03. The zero-order valence-corrected chi connectivity index (χ0v) is 12.3. The maximum atomic E-state index is 12.2. The Bertz CT molecular complexity index is 382. The summed E-state index contributed by atoms with van der Waals surface area (Å²) in [4.78, 5) is 17.8. The third-order valence-corrected chi connectivity index (χ3v) is 3.03. The van der Waals surface area contributed by atoms with Gasteiger partial charge in [0, 0.05) is 38.4 Å². The van der Waals surface area contributed by atoms with E-state index in [0.29, 0.717) is 13.0 Å². The molecule has 1 aromatic rings. The Balaban J connectivity index is 2.62. The summed E-state index contributed by atoms with van der Waals surface area (Å²) in [6.07, 6.45) is 7.78. The van der Waals surface area contributed by atoms with Crippen LogP contribution in [0.15, 0.2) is 18.7 Å². The van der Waals surface area contributed by atoms with Gasteiger partial charge in [-0.2, -0.15) is 0 Å². The Labute approximate surface area is 115 Å². The monoisotopic (exact) mass is 267 g/mol. The lowest BCUT2D eigenvalue weighted by Crippen LogP contribution is -2.40. The predicted octanol–water partition coefficient (Wildman–Crippen LogP) is 1.84. The van der Waals surface area contributed by atoms with Gasteiger partial charge in [0.15, 0.2) is 0 Å². The molecule has 1 heterocycles. The summed E-state index contributed by atoms with van der Waals surface area (Å²) in [5, 5.41) is 9.75. The lowest BCUT2D eigenvalue weighted by molar-refractivity contribution is -0.133. The van der Waals surface area contributed by atoms with Gasteiger partial charge in [0.1, 0.15) is 0 Å². The molecule has 0 aromatic carbocycles. The van der Waals surface area contributed by atoms with E-state index in [4.69, 9.17) is 0 Å². The fraction of sp³-hybridized carbons (Fsp3) is 0.714. The number of rotatable bonds is 7. The second-order valence-electron chi connectivity index (χ2n) is 5.72. The number of carbonyl (C=O) groups is 1. The van der Waals surface area contributed by atoms with Crippen molar-refractivity contribution in [3.05, 3.63) is 18.7 Å². The third kappa shape index (κ3) is 5.42. The molecule has 5 nitrogen and oxygen atoms in total. The van der Waals surface area contributed by atoms with Crippen molar-refractivity contribution in [2.24, 2.45) is 0 Å². The highest BCUT2D eigenvalue weighted by Crippen LogP contribution is 2.19. The number of nitrogens with zero attached hydrogens (tertiary/aromatic N) is 3. The van der Waals surface area contributed by atoms with Crippen molar-refractivity contribution < 1.29 is 9.90 Å². The predicted molar refractivity (Wildman–Crippen MR) is 74.7 cm³/mol. The summed E-state index contributed by atoms with van der Waals surface area (Å²) < 4.78 is 1.99. The summed E-state index contributed by atoms with van der Waals surface area (Å²) in [6.45, 7) is 5.86. The van der Waals surface area contributed by atoms with E-state index in [-0.39, 0.29) is 11.9 Å². The van der Waals surface area contributed by atoms with E-state index in [1.807, 2.05) is 10.8 Å². The molecular formula is C14H25N3O2. The summed E-state index contributed by atoms with van der Waals surface area (Å²) in [5.41, 5.74) is -0.861. The quantitative estimate of drug-likeness (QED) is 0.820. The summed E-state index contributed by atoms with van der Waals surface area (Å²) in [5.74, 6) is 0.0503. The molecule has 0 aliphatic heterocycles. The molecule has 5 heteroatoms. The smallest absolute Gasteiger partial charge is 0.224 e. The minimum atomic E-state index is -0.861. The molecule has 1 atom stereocenters. The Morgan fingerprint density at radius 1 is 1.53 bits per heavy atom. The average Bonchev–Trinajstić information content (AvgIpc) is 2.79. The minimum Gasteiger partial charge on any atom is -0.389 e. The average molecular weight is 267 g/mol. The summed E-state index contributed by atoms with van der Waals surface area (Å²) >= 11 is 0. The molecule has 0 fully saturated rings. The molecule has 1 unspecified atom stereocenters. The van der Waals surface area contributed by atoms with Crippen molar-refractivity contribution >= 4 is 5.91 Å². The van der Waals surface area contributed by atoms with Gasteiger partial charge in [-0.3, -0.25) is 4.79 Å². The first-order valence-electron chi connectivity index (χ1n) is 6.77. The van der Waals surface area contributed by atoms with E-state index in [1.54, 1.807) is 38.3 Å². The van der Waals surface area contributed by atoms with Gasteiger partial charge in [-0.25, -0.2) is 4.98 Å². The van der Waals surface area contributed by atoms with Crippen LogP contribution in [0.1, 0.15) is 46.1 Å². The van der Waals surface area contributed by atoms with E-state index in [1.165, 1.54) is 0 Å². The number of aromatic nitrogens is 2. The molecular weight excluding hydrogens is 242 g/mol. The van der Waals surface area contributed by atoms with Crippen molar-refractivity contribution in [3.8, 4) is 0 Å². The molecule has 1 rings (SSSR count). The van der Waals surface area contributed by atoms with Crippen LogP contribution in [-0.2, 0) is 4.79 Å². The molecule has 0 aliphatic rings. The number of carbonyl (C=O) groups excluding carboxylic acids is 1. The minimum absolute atomic E-state index is 0.0503. The number of hydrogen-bond acceptors (Lipinski definition) is 3. The molecule has 19 heavy (non-hydrogen) atoms. The van der Waals surface area contributed by atoms with Crippen LogP contribution in [-0.4, -0.2) is 44.7 Å². The van der Waals surface area contributed by atoms with E-state index in [2.05, 4.69) is 11.9 Å². The normalized spacial score (nSPS) is 13.3. The molecule has 1 N–H and O–H groups in total. The van der Waals surface area contributed by atoms with Crippen LogP contribution in [0, 0.1) is 0 Å². The van der Waals surface area contributed by atoms with Crippen LogP contribution < -0.4 is 0 Å². The molecule has 1 aromatic heterocycles. The molecule has 108 valence electrons. The Morgan fingerprint density at radius 3 is 2.68 bits per heavy atom. The van der Waals surface area contributed by atoms with Crippen LogP contribution in [0.5, 0.6) is 0 Å². The van der Waals surface area contributed by atoms with Crippen LogP contribution in [0.25, 0.3) is 0 Å². The molecule has 0 spiro atoms. The van der Waals surface area contributed by atoms with Gasteiger partial charge in [-0.05, 0) is 20.3 Å². The maximum Gasteiger partial charge on any atom is 0.224 e. The summed E-state index contributed by atoms with van der Waals surface area (Å²) in [7, 11) is 1.73. The van der Waals surface area contributed by atoms with Crippen molar-refractivity contribution in [2.45, 2.75) is 51.7 Å². The van der Waals surface area contributed by atoms with E-state index in [0.717, 1.165) is 12.8 Å². The van der Waals surface area contributed by atoms with Gasteiger partial charge < -0.3 is 14.6 Å². The molecule has 0 aliphatic carbocycles. The SMILES string of the molecule is CCCC(CC(=O)N(C)CC(C)(C)O)n1ccnc1. The number of hydrogen-bond donors (Lipinski definition) is 1. The van der Waals surface area contributed by atoms with Gasteiger partial charge in [0.05, 0.1) is 11.9 Å². The number of imidazole rings is 1. The molecule has 0 saturated heterocycles. The highest BCUT2D eigenvalue weighted by Gasteiger charge is 2.22. The molecule has 1 amide bonds. The Kier molecular flexibility index (Phi) is 5.54. The fourth-order valence-corrected chi connectivity index (χ4v) is 2.20. The van der Waals surface area contributed by atoms with Crippen LogP contribution in [0.2, 0.25) is 0 Å². The van der Waals surface area contributed by atoms with Crippen LogP contribution in [0.4, 0.5) is 0 Å². The highest BCUT2D eigenvalue weighted by atomic mass is 16.3. The van der Waals surface area contributed by atoms with Gasteiger partial charge in [0.25, 0.3) is 0 Å². The van der Waals surface area contributed by atoms with E-state index < -0.39 is 5.60 Å². The first kappa shape index (κ1) is 15.7. The van der Waals surface area contributed by atoms with Crippen molar-refractivity contribution in [3.63, 3.8) is 0 Å². The zero-order chi connectivity index (χ0) is 14.5. The lowest BCUT2D eigenvalue weighted by atomic mass is 10.1. The number of aliphatic hydroxyl groups is 1. The molecule has 0 saturated carbocycles. The molecule has 0 bridgehead atoms. The highest BCUT2D eigenvalue weighted by molar-refractivity contribution is 5.76. The molecule has 0 radical (unpaired) electrons. The first-order valence-corrected chi connectivity index (χ1v) is 6.77. The maximum absolute atomic E-state index is 12.2. The van der Waals surface area contributed by atoms with Crippen LogP contribution >= 0.6 is 0 Å². The van der Waals surface area contributed by atoms with Gasteiger partial charge >= 0.3 is 0 Å². The first-order chi connectivity index (χ1) is 8.83. The van der Waals surface area contributed by atoms with E-state index in [9.17, 15) is 9.90 Å². The van der Waals surface area contributed by atoms with Gasteiger partial charge in [-0.1, -0.05) is 13.3 Å². The van der Waals surface area contributed by atoms with Gasteiger partial charge in [0.2, 0.25) is 5.91 Å². The van der Waals surface area contributed by atoms with Crippen molar-refractivity contribution in [1.82, 2.24) is 14.5 Å². The summed E-state index contributed by atoms with van der Waals surface area (Å²) in [6, 6.07) is 0.143.